The molecule has 0 radical (unpaired) electrons. The predicted molar refractivity (Wildman–Crippen MR) is 72.8 cm³/mol. The highest BCUT2D eigenvalue weighted by Gasteiger charge is 2.13. The number of hydrogen-bond donors (Lipinski definition) is 3. The van der Waals surface area contributed by atoms with E-state index in [1.54, 1.807) is 12.1 Å². The molecule has 6 nitrogen and oxygen atoms in total. The molecule has 1 aromatic carbocycles. The van der Waals surface area contributed by atoms with E-state index in [1.807, 2.05) is 0 Å². The quantitative estimate of drug-likeness (QED) is 0.789. The first-order valence-electron chi connectivity index (χ1n) is 6.16. The third-order valence-electron chi connectivity index (χ3n) is 2.70. The second-order valence-electron chi connectivity index (χ2n) is 4.21. The number of anilines is 1. The number of aromatic carboxylic acids is 1. The second kappa shape index (κ2) is 6.56. The molecule has 0 saturated carbocycles. The van der Waals surface area contributed by atoms with Crippen LogP contribution in [0.5, 0.6) is 0 Å². The van der Waals surface area contributed by atoms with Crippen LogP contribution in [0.25, 0.3) is 0 Å². The highest BCUT2D eigenvalue weighted by atomic mass is 19.1. The Labute approximate surface area is 119 Å². The summed E-state index contributed by atoms with van der Waals surface area (Å²) in [4.78, 5) is 22.6. The fraction of sp³-hybridized carbons (Fsp3) is 0.143. The standard InChI is InChI=1S/C14H13FN2O4/c15-9-3-4-12(11(8-9)13(18)19)17-14(20)16-6-5-10-2-1-7-21-10/h1-4,7-8H,5-6H2,(H,18,19)(H2,16,17,20). The van der Waals surface area contributed by atoms with Gasteiger partial charge in [0.1, 0.15) is 11.6 Å². The number of carboxylic acids is 1. The minimum Gasteiger partial charge on any atom is -0.478 e. The van der Waals surface area contributed by atoms with E-state index in [1.165, 1.54) is 12.3 Å². The summed E-state index contributed by atoms with van der Waals surface area (Å²) in [6, 6.07) is 6.07. The van der Waals surface area contributed by atoms with Gasteiger partial charge in [-0.05, 0) is 30.3 Å². The molecule has 7 heteroatoms. The second-order valence-corrected chi connectivity index (χ2v) is 4.21. The van der Waals surface area contributed by atoms with Crippen LogP contribution in [0.3, 0.4) is 0 Å². The van der Waals surface area contributed by atoms with Gasteiger partial charge < -0.3 is 20.2 Å². The molecule has 110 valence electrons. The van der Waals surface area contributed by atoms with Crippen LogP contribution in [0, 0.1) is 5.82 Å². The van der Waals surface area contributed by atoms with Crippen LogP contribution in [-0.2, 0) is 6.42 Å². The fourth-order valence-corrected chi connectivity index (χ4v) is 1.72. The number of nitrogens with one attached hydrogen (secondary N) is 2. The van der Waals surface area contributed by atoms with E-state index in [2.05, 4.69) is 10.6 Å². The number of carbonyl (C=O) groups is 2. The third-order valence-corrected chi connectivity index (χ3v) is 2.70. The number of hydrogen-bond acceptors (Lipinski definition) is 3. The molecule has 0 aliphatic heterocycles. The Balaban J connectivity index is 1.92. The first kappa shape index (κ1) is 14.6. The molecule has 0 aliphatic rings. The molecule has 0 aliphatic carbocycles. The van der Waals surface area contributed by atoms with Gasteiger partial charge in [0, 0.05) is 13.0 Å². The largest absolute Gasteiger partial charge is 0.478 e. The molecule has 0 atom stereocenters. The SMILES string of the molecule is O=C(NCCc1ccco1)Nc1ccc(F)cc1C(=O)O. The summed E-state index contributed by atoms with van der Waals surface area (Å²) >= 11 is 0. The maximum atomic E-state index is 13.0. The van der Waals surface area contributed by atoms with Crippen molar-refractivity contribution in [3.8, 4) is 0 Å². The molecule has 1 heterocycles. The number of carboxylic acid groups (broad SMARTS) is 1. The van der Waals surface area contributed by atoms with Crippen LogP contribution in [0.15, 0.2) is 41.0 Å². The van der Waals surface area contributed by atoms with Gasteiger partial charge in [0.15, 0.2) is 0 Å². The molecular formula is C14H13FN2O4. The minimum absolute atomic E-state index is 0.0272. The number of urea groups is 1. The van der Waals surface area contributed by atoms with E-state index in [9.17, 15) is 14.0 Å². The fourth-order valence-electron chi connectivity index (χ4n) is 1.72. The maximum absolute atomic E-state index is 13.0. The summed E-state index contributed by atoms with van der Waals surface area (Å²) in [7, 11) is 0. The van der Waals surface area contributed by atoms with Crippen molar-refractivity contribution in [2.45, 2.75) is 6.42 Å². The first-order valence-corrected chi connectivity index (χ1v) is 6.16. The molecule has 0 bridgehead atoms. The van der Waals surface area contributed by atoms with Crippen LogP contribution in [-0.4, -0.2) is 23.7 Å². The van der Waals surface area contributed by atoms with Crippen LogP contribution in [0.1, 0.15) is 16.1 Å². The number of furan rings is 1. The zero-order valence-electron chi connectivity index (χ0n) is 10.9. The average Bonchev–Trinajstić information content (AvgIpc) is 2.94. The minimum atomic E-state index is -1.32. The molecule has 2 aromatic rings. The van der Waals surface area contributed by atoms with Crippen molar-refractivity contribution in [2.24, 2.45) is 0 Å². The Hall–Kier alpha value is -2.83. The van der Waals surface area contributed by atoms with Gasteiger partial charge in [0.25, 0.3) is 0 Å². The normalized spacial score (nSPS) is 10.1. The Kier molecular flexibility index (Phi) is 4.55. The highest BCUT2D eigenvalue weighted by Crippen LogP contribution is 2.16. The summed E-state index contributed by atoms with van der Waals surface area (Å²) in [5.74, 6) is -1.28. The Morgan fingerprint density at radius 1 is 1.29 bits per heavy atom. The molecule has 2 amide bonds. The molecule has 0 saturated heterocycles. The number of benzene rings is 1. The molecule has 1 aromatic heterocycles. The highest BCUT2D eigenvalue weighted by molar-refractivity contribution is 5.99. The van der Waals surface area contributed by atoms with Crippen LogP contribution in [0.2, 0.25) is 0 Å². The van der Waals surface area contributed by atoms with Crippen molar-refractivity contribution in [3.63, 3.8) is 0 Å². The molecular weight excluding hydrogens is 279 g/mol. The van der Waals surface area contributed by atoms with Crippen LogP contribution in [0.4, 0.5) is 14.9 Å². The molecule has 0 unspecified atom stereocenters. The van der Waals surface area contributed by atoms with E-state index in [4.69, 9.17) is 9.52 Å². The van der Waals surface area contributed by atoms with Gasteiger partial charge in [0.2, 0.25) is 0 Å². The number of carbonyl (C=O) groups excluding carboxylic acids is 1. The molecule has 21 heavy (non-hydrogen) atoms. The zero-order valence-corrected chi connectivity index (χ0v) is 10.9. The molecule has 0 fully saturated rings. The average molecular weight is 292 g/mol. The molecule has 0 spiro atoms. The predicted octanol–water partition coefficient (Wildman–Crippen LogP) is 2.48. The lowest BCUT2D eigenvalue weighted by Gasteiger charge is -2.09. The number of halogens is 1. The van der Waals surface area contributed by atoms with Gasteiger partial charge in [-0.25, -0.2) is 14.0 Å². The third kappa shape index (κ3) is 4.07. The Morgan fingerprint density at radius 3 is 2.76 bits per heavy atom. The molecule has 3 N–H and O–H groups in total. The zero-order chi connectivity index (χ0) is 15.2. The van der Waals surface area contributed by atoms with E-state index < -0.39 is 17.8 Å². The summed E-state index contributed by atoms with van der Waals surface area (Å²) in [6.45, 7) is 0.322. The van der Waals surface area contributed by atoms with Crippen molar-refractivity contribution in [1.29, 1.82) is 0 Å². The Bertz CT molecular complexity index is 640. The van der Waals surface area contributed by atoms with Gasteiger partial charge in [-0.2, -0.15) is 0 Å². The van der Waals surface area contributed by atoms with Gasteiger partial charge in [0.05, 0.1) is 17.5 Å². The smallest absolute Gasteiger partial charge is 0.337 e. The van der Waals surface area contributed by atoms with Crippen molar-refractivity contribution in [1.82, 2.24) is 5.32 Å². The van der Waals surface area contributed by atoms with Crippen LogP contribution >= 0.6 is 0 Å². The summed E-state index contributed by atoms with van der Waals surface area (Å²) in [5.41, 5.74) is -0.282. The van der Waals surface area contributed by atoms with Gasteiger partial charge in [-0.3, -0.25) is 0 Å². The molecule has 2 rings (SSSR count). The van der Waals surface area contributed by atoms with Crippen molar-refractivity contribution in [2.75, 3.05) is 11.9 Å². The van der Waals surface area contributed by atoms with Crippen molar-refractivity contribution < 1.29 is 23.5 Å². The van der Waals surface area contributed by atoms with Crippen molar-refractivity contribution >= 4 is 17.7 Å². The lowest BCUT2D eigenvalue weighted by Crippen LogP contribution is -2.31. The summed E-state index contributed by atoms with van der Waals surface area (Å²) in [5, 5.41) is 13.9. The van der Waals surface area contributed by atoms with E-state index in [-0.39, 0.29) is 11.3 Å². The number of amides is 2. The van der Waals surface area contributed by atoms with Crippen LogP contribution < -0.4 is 10.6 Å². The topological polar surface area (TPSA) is 91.6 Å². The van der Waals surface area contributed by atoms with Gasteiger partial charge in [-0.15, -0.1) is 0 Å². The van der Waals surface area contributed by atoms with E-state index in [0.29, 0.717) is 13.0 Å². The van der Waals surface area contributed by atoms with Crippen molar-refractivity contribution in [3.05, 3.63) is 53.7 Å². The lowest BCUT2D eigenvalue weighted by atomic mass is 10.2. The van der Waals surface area contributed by atoms with Gasteiger partial charge >= 0.3 is 12.0 Å². The van der Waals surface area contributed by atoms with E-state index >= 15 is 0 Å². The Morgan fingerprint density at radius 2 is 2.10 bits per heavy atom. The maximum Gasteiger partial charge on any atom is 0.337 e. The number of rotatable bonds is 5. The summed E-state index contributed by atoms with van der Waals surface area (Å²) < 4.78 is 18.1. The van der Waals surface area contributed by atoms with Gasteiger partial charge in [-0.1, -0.05) is 0 Å². The first-order chi connectivity index (χ1) is 10.1. The van der Waals surface area contributed by atoms with E-state index in [0.717, 1.165) is 17.9 Å². The lowest BCUT2D eigenvalue weighted by molar-refractivity contribution is 0.0697. The summed E-state index contributed by atoms with van der Waals surface area (Å²) in [6.07, 6.45) is 2.04. The monoisotopic (exact) mass is 292 g/mol.